The Morgan fingerprint density at radius 2 is 1.62 bits per heavy atom. The van der Waals surface area contributed by atoms with E-state index in [-0.39, 0.29) is 23.8 Å². The van der Waals surface area contributed by atoms with Crippen molar-refractivity contribution in [1.82, 2.24) is 9.80 Å². The topological polar surface area (TPSA) is 49.9 Å². The second-order valence-electron chi connectivity index (χ2n) is 7.12. The number of amides is 2. The number of hydrogen-bond acceptors (Lipinski definition) is 3. The van der Waals surface area contributed by atoms with Crippen molar-refractivity contribution in [2.75, 3.05) is 26.2 Å². The normalized spacial score (nSPS) is 19.4. The van der Waals surface area contributed by atoms with Crippen LogP contribution in [0.15, 0.2) is 43.0 Å². The summed E-state index contributed by atoms with van der Waals surface area (Å²) in [6.07, 6.45) is 4.87. The fourth-order valence-corrected chi connectivity index (χ4v) is 3.77. The van der Waals surface area contributed by atoms with Gasteiger partial charge in [-0.3, -0.25) is 9.59 Å². The summed E-state index contributed by atoms with van der Waals surface area (Å²) < 4.78 is 6.00. The molecule has 1 aromatic carbocycles. The van der Waals surface area contributed by atoms with Gasteiger partial charge in [0.05, 0.1) is 12.7 Å². The van der Waals surface area contributed by atoms with Gasteiger partial charge in [-0.2, -0.15) is 0 Å². The molecule has 2 aliphatic rings. The molecule has 140 valence electrons. The number of likely N-dealkylation sites (tertiary alicyclic amines) is 2. The smallest absolute Gasteiger partial charge is 0.245 e. The third-order valence-electron chi connectivity index (χ3n) is 5.41. The Morgan fingerprint density at radius 1 is 1.00 bits per heavy atom. The molecule has 2 aliphatic heterocycles. The maximum atomic E-state index is 12.7. The van der Waals surface area contributed by atoms with Crippen molar-refractivity contribution in [2.24, 2.45) is 5.92 Å². The number of carbonyl (C=O) groups is 2. The van der Waals surface area contributed by atoms with Gasteiger partial charge in [-0.05, 0) is 37.3 Å². The summed E-state index contributed by atoms with van der Waals surface area (Å²) in [7, 11) is 0. The van der Waals surface area contributed by atoms with Gasteiger partial charge in [0.2, 0.25) is 11.8 Å². The molecule has 26 heavy (non-hydrogen) atoms. The summed E-state index contributed by atoms with van der Waals surface area (Å²) in [5.74, 6) is 0.259. The van der Waals surface area contributed by atoms with Gasteiger partial charge in [0.1, 0.15) is 0 Å². The first-order valence-electron chi connectivity index (χ1n) is 9.53. The monoisotopic (exact) mass is 356 g/mol. The largest absolute Gasteiger partial charge is 0.373 e. The fourth-order valence-electron chi connectivity index (χ4n) is 3.77. The minimum Gasteiger partial charge on any atom is -0.373 e. The Kier molecular flexibility index (Phi) is 6.45. The molecule has 3 rings (SSSR count). The maximum absolute atomic E-state index is 12.7. The highest BCUT2D eigenvalue weighted by molar-refractivity contribution is 5.87. The van der Waals surface area contributed by atoms with Gasteiger partial charge >= 0.3 is 0 Å². The summed E-state index contributed by atoms with van der Waals surface area (Å²) in [5, 5.41) is 0. The SMILES string of the molecule is C=CC(=O)N1CCC(C(=O)N2CCC(OCc3ccccc3)CC2)CC1. The van der Waals surface area contributed by atoms with Crippen molar-refractivity contribution in [3.63, 3.8) is 0 Å². The zero-order valence-electron chi connectivity index (χ0n) is 15.3. The summed E-state index contributed by atoms with van der Waals surface area (Å²) in [6, 6.07) is 10.2. The molecule has 0 N–H and O–H groups in total. The lowest BCUT2D eigenvalue weighted by Gasteiger charge is -2.37. The number of benzene rings is 1. The number of nitrogens with zero attached hydrogens (tertiary/aromatic N) is 2. The number of rotatable bonds is 5. The van der Waals surface area contributed by atoms with Crippen LogP contribution < -0.4 is 0 Å². The first kappa shape index (κ1) is 18.6. The van der Waals surface area contributed by atoms with Crippen LogP contribution >= 0.6 is 0 Å². The van der Waals surface area contributed by atoms with Gasteiger partial charge in [0.15, 0.2) is 0 Å². The maximum Gasteiger partial charge on any atom is 0.245 e. The van der Waals surface area contributed by atoms with Crippen LogP contribution in [0.1, 0.15) is 31.2 Å². The van der Waals surface area contributed by atoms with Crippen LogP contribution in [0.4, 0.5) is 0 Å². The lowest BCUT2D eigenvalue weighted by molar-refractivity contribution is -0.141. The molecular formula is C21H28N2O3. The lowest BCUT2D eigenvalue weighted by atomic mass is 9.94. The van der Waals surface area contributed by atoms with Crippen molar-refractivity contribution in [1.29, 1.82) is 0 Å². The predicted octanol–water partition coefficient (Wildman–Crippen LogP) is 2.62. The summed E-state index contributed by atoms with van der Waals surface area (Å²) >= 11 is 0. The van der Waals surface area contributed by atoms with E-state index in [0.717, 1.165) is 38.8 Å². The molecule has 0 atom stereocenters. The van der Waals surface area contributed by atoms with E-state index in [0.29, 0.717) is 19.7 Å². The molecule has 0 saturated carbocycles. The van der Waals surface area contributed by atoms with Crippen molar-refractivity contribution >= 4 is 11.8 Å². The molecule has 2 heterocycles. The summed E-state index contributed by atoms with van der Waals surface area (Å²) in [5.41, 5.74) is 1.19. The average Bonchev–Trinajstić information content (AvgIpc) is 2.72. The van der Waals surface area contributed by atoms with Crippen LogP contribution in [0.5, 0.6) is 0 Å². The average molecular weight is 356 g/mol. The molecule has 0 unspecified atom stereocenters. The zero-order valence-corrected chi connectivity index (χ0v) is 15.3. The fraction of sp³-hybridized carbons (Fsp3) is 0.524. The predicted molar refractivity (Wildman–Crippen MR) is 100 cm³/mol. The molecular weight excluding hydrogens is 328 g/mol. The highest BCUT2D eigenvalue weighted by Gasteiger charge is 2.31. The van der Waals surface area contributed by atoms with E-state index in [1.54, 1.807) is 4.90 Å². The van der Waals surface area contributed by atoms with E-state index in [1.807, 2.05) is 23.1 Å². The Labute approximate surface area is 155 Å². The van der Waals surface area contributed by atoms with E-state index in [4.69, 9.17) is 4.74 Å². The van der Waals surface area contributed by atoms with Gasteiger partial charge in [0.25, 0.3) is 0 Å². The van der Waals surface area contributed by atoms with E-state index < -0.39 is 0 Å². The van der Waals surface area contributed by atoms with Gasteiger partial charge < -0.3 is 14.5 Å². The Bertz CT molecular complexity index is 615. The zero-order chi connectivity index (χ0) is 18.4. The first-order chi connectivity index (χ1) is 12.7. The second-order valence-corrected chi connectivity index (χ2v) is 7.12. The molecule has 0 aliphatic carbocycles. The molecule has 5 nitrogen and oxygen atoms in total. The standard InChI is InChI=1S/C21H28N2O3/c1-2-20(24)22-12-8-18(9-13-22)21(25)23-14-10-19(11-15-23)26-16-17-6-4-3-5-7-17/h2-7,18-19H,1,8-16H2. The van der Waals surface area contributed by atoms with Crippen LogP contribution in [-0.4, -0.2) is 53.9 Å². The molecule has 2 fully saturated rings. The highest BCUT2D eigenvalue weighted by Crippen LogP contribution is 2.23. The van der Waals surface area contributed by atoms with Crippen LogP contribution in [0, 0.1) is 5.92 Å². The van der Waals surface area contributed by atoms with E-state index >= 15 is 0 Å². The number of piperidine rings is 2. The van der Waals surface area contributed by atoms with Crippen LogP contribution in [0.25, 0.3) is 0 Å². The van der Waals surface area contributed by atoms with E-state index in [2.05, 4.69) is 18.7 Å². The third-order valence-corrected chi connectivity index (χ3v) is 5.41. The van der Waals surface area contributed by atoms with Crippen molar-refractivity contribution in [3.05, 3.63) is 48.6 Å². The van der Waals surface area contributed by atoms with E-state index in [1.165, 1.54) is 11.6 Å². The molecule has 0 spiro atoms. The minimum atomic E-state index is -0.0349. The molecule has 2 saturated heterocycles. The van der Waals surface area contributed by atoms with Gasteiger partial charge in [-0.25, -0.2) is 0 Å². The summed E-state index contributed by atoms with van der Waals surface area (Å²) in [4.78, 5) is 28.2. The van der Waals surface area contributed by atoms with Crippen LogP contribution in [0.2, 0.25) is 0 Å². The molecule has 0 radical (unpaired) electrons. The molecule has 0 aromatic heterocycles. The minimum absolute atomic E-state index is 0.0349. The molecule has 2 amide bonds. The van der Waals surface area contributed by atoms with Crippen LogP contribution in [0.3, 0.4) is 0 Å². The molecule has 5 heteroatoms. The van der Waals surface area contributed by atoms with Crippen molar-refractivity contribution in [3.8, 4) is 0 Å². The lowest BCUT2D eigenvalue weighted by Crippen LogP contribution is -2.47. The van der Waals surface area contributed by atoms with E-state index in [9.17, 15) is 9.59 Å². The van der Waals surface area contributed by atoms with Gasteiger partial charge in [-0.15, -0.1) is 0 Å². The Morgan fingerprint density at radius 3 is 2.23 bits per heavy atom. The third kappa shape index (κ3) is 4.73. The van der Waals surface area contributed by atoms with Crippen molar-refractivity contribution < 1.29 is 14.3 Å². The number of ether oxygens (including phenoxy) is 1. The van der Waals surface area contributed by atoms with Gasteiger partial charge in [0, 0.05) is 32.1 Å². The first-order valence-corrected chi connectivity index (χ1v) is 9.53. The highest BCUT2D eigenvalue weighted by atomic mass is 16.5. The molecule has 0 bridgehead atoms. The van der Waals surface area contributed by atoms with Crippen LogP contribution in [-0.2, 0) is 20.9 Å². The number of carbonyl (C=O) groups excluding carboxylic acids is 2. The van der Waals surface area contributed by atoms with Gasteiger partial charge in [-0.1, -0.05) is 36.9 Å². The second kappa shape index (κ2) is 8.99. The molecule has 1 aromatic rings. The Hall–Kier alpha value is -2.14. The Balaban J connectivity index is 1.40. The number of hydrogen-bond donors (Lipinski definition) is 0. The quantitative estimate of drug-likeness (QED) is 0.762. The van der Waals surface area contributed by atoms with Crippen molar-refractivity contribution in [2.45, 2.75) is 38.4 Å². The summed E-state index contributed by atoms with van der Waals surface area (Å²) in [6.45, 7) is 7.00.